The summed E-state index contributed by atoms with van der Waals surface area (Å²) < 4.78 is 0. The SMILES string of the molecule is CC1CC(O)CCC1NC(=O)NCCCCc1ccccc1. The summed E-state index contributed by atoms with van der Waals surface area (Å²) in [5.41, 5.74) is 1.35. The number of unbranched alkanes of at least 4 members (excludes halogenated alkanes) is 1. The lowest BCUT2D eigenvalue weighted by molar-refractivity contribution is 0.0890. The number of carbonyl (C=O) groups is 1. The number of hydrogen-bond acceptors (Lipinski definition) is 2. The van der Waals surface area contributed by atoms with Gasteiger partial charge in [-0.3, -0.25) is 0 Å². The van der Waals surface area contributed by atoms with E-state index in [4.69, 9.17) is 0 Å². The van der Waals surface area contributed by atoms with Crippen LogP contribution in [0, 0.1) is 5.92 Å². The fourth-order valence-corrected chi connectivity index (χ4v) is 3.10. The molecule has 122 valence electrons. The fraction of sp³-hybridized carbons (Fsp3) is 0.611. The number of carbonyl (C=O) groups excluding carboxylic acids is 1. The van der Waals surface area contributed by atoms with E-state index in [1.807, 2.05) is 6.07 Å². The van der Waals surface area contributed by atoms with Crippen molar-refractivity contribution in [3.05, 3.63) is 35.9 Å². The third kappa shape index (κ3) is 5.68. The normalized spacial score (nSPS) is 24.7. The van der Waals surface area contributed by atoms with Crippen molar-refractivity contribution < 1.29 is 9.90 Å². The van der Waals surface area contributed by atoms with Crippen LogP contribution >= 0.6 is 0 Å². The highest BCUT2D eigenvalue weighted by molar-refractivity contribution is 5.74. The van der Waals surface area contributed by atoms with Crippen molar-refractivity contribution >= 4 is 6.03 Å². The first-order valence-electron chi connectivity index (χ1n) is 8.41. The Hall–Kier alpha value is -1.55. The standard InChI is InChI=1S/C18H28N2O2/c1-14-13-16(21)10-11-17(14)20-18(22)19-12-6-5-9-15-7-3-2-4-8-15/h2-4,7-8,14,16-17,21H,5-6,9-13H2,1H3,(H2,19,20,22). The van der Waals surface area contributed by atoms with E-state index in [-0.39, 0.29) is 18.2 Å². The molecule has 0 aliphatic heterocycles. The lowest BCUT2D eigenvalue weighted by atomic mass is 9.84. The minimum atomic E-state index is -0.200. The average Bonchev–Trinajstić information content (AvgIpc) is 2.51. The first kappa shape index (κ1) is 16.8. The second-order valence-electron chi connectivity index (χ2n) is 6.39. The average molecular weight is 304 g/mol. The maximum Gasteiger partial charge on any atom is 0.315 e. The Morgan fingerprint density at radius 1 is 1.23 bits per heavy atom. The van der Waals surface area contributed by atoms with Gasteiger partial charge in [-0.1, -0.05) is 37.3 Å². The van der Waals surface area contributed by atoms with Crippen molar-refractivity contribution in [2.75, 3.05) is 6.54 Å². The molecule has 0 spiro atoms. The zero-order valence-corrected chi connectivity index (χ0v) is 13.4. The van der Waals surface area contributed by atoms with Gasteiger partial charge in [0.05, 0.1) is 6.10 Å². The highest BCUT2D eigenvalue weighted by Gasteiger charge is 2.27. The maximum absolute atomic E-state index is 11.9. The van der Waals surface area contributed by atoms with Gasteiger partial charge in [-0.15, -0.1) is 0 Å². The summed E-state index contributed by atoms with van der Waals surface area (Å²) in [7, 11) is 0. The number of urea groups is 1. The number of benzene rings is 1. The molecule has 4 nitrogen and oxygen atoms in total. The van der Waals surface area contributed by atoms with E-state index in [1.165, 1.54) is 5.56 Å². The van der Waals surface area contributed by atoms with Crippen LogP contribution in [0.5, 0.6) is 0 Å². The lowest BCUT2D eigenvalue weighted by Crippen LogP contribution is -2.47. The molecular formula is C18H28N2O2. The van der Waals surface area contributed by atoms with Crippen LogP contribution in [0.25, 0.3) is 0 Å². The molecule has 0 saturated heterocycles. The number of rotatable bonds is 6. The summed E-state index contributed by atoms with van der Waals surface area (Å²) in [6.07, 6.45) is 5.35. The number of aliphatic hydroxyl groups is 1. The van der Waals surface area contributed by atoms with Crippen LogP contribution < -0.4 is 10.6 Å². The second kappa shape index (κ2) is 8.79. The predicted octanol–water partition coefficient (Wildman–Crippen LogP) is 2.86. The van der Waals surface area contributed by atoms with Gasteiger partial charge in [-0.25, -0.2) is 4.79 Å². The molecular weight excluding hydrogens is 276 g/mol. The van der Waals surface area contributed by atoms with Crippen molar-refractivity contribution in [1.29, 1.82) is 0 Å². The van der Waals surface area contributed by atoms with Crippen LogP contribution in [0.1, 0.15) is 44.6 Å². The number of hydrogen-bond donors (Lipinski definition) is 3. The fourth-order valence-electron chi connectivity index (χ4n) is 3.10. The molecule has 1 aliphatic rings. The van der Waals surface area contributed by atoms with E-state index >= 15 is 0 Å². The van der Waals surface area contributed by atoms with E-state index in [2.05, 4.69) is 41.8 Å². The van der Waals surface area contributed by atoms with Gasteiger partial charge in [-0.2, -0.15) is 0 Å². The summed E-state index contributed by atoms with van der Waals surface area (Å²) in [5, 5.41) is 15.6. The molecule has 0 aromatic heterocycles. The molecule has 1 aromatic carbocycles. The van der Waals surface area contributed by atoms with E-state index in [0.29, 0.717) is 12.5 Å². The number of aryl methyl sites for hydroxylation is 1. The quantitative estimate of drug-likeness (QED) is 0.708. The molecule has 4 heteroatoms. The minimum absolute atomic E-state index is 0.0760. The molecule has 3 unspecified atom stereocenters. The third-order valence-corrected chi connectivity index (χ3v) is 4.48. The van der Waals surface area contributed by atoms with Gasteiger partial charge in [-0.05, 0) is 50.0 Å². The van der Waals surface area contributed by atoms with Crippen LogP contribution in [-0.4, -0.2) is 29.8 Å². The van der Waals surface area contributed by atoms with E-state index in [0.717, 1.165) is 38.5 Å². The van der Waals surface area contributed by atoms with Crippen LogP contribution in [0.2, 0.25) is 0 Å². The molecule has 0 radical (unpaired) electrons. The molecule has 2 rings (SSSR count). The summed E-state index contributed by atoms with van der Waals surface area (Å²) in [6.45, 7) is 2.80. The summed E-state index contributed by atoms with van der Waals surface area (Å²) >= 11 is 0. The summed E-state index contributed by atoms with van der Waals surface area (Å²) in [5.74, 6) is 0.340. The molecule has 2 amide bonds. The molecule has 1 fully saturated rings. The Balaban J connectivity index is 1.56. The Labute approximate surface area is 133 Å². The van der Waals surface area contributed by atoms with Crippen LogP contribution in [0.3, 0.4) is 0 Å². The number of amides is 2. The van der Waals surface area contributed by atoms with E-state index in [9.17, 15) is 9.90 Å². The Morgan fingerprint density at radius 2 is 2.00 bits per heavy atom. The molecule has 1 aromatic rings. The lowest BCUT2D eigenvalue weighted by Gasteiger charge is -2.32. The molecule has 1 aliphatic carbocycles. The molecule has 0 heterocycles. The first-order chi connectivity index (χ1) is 10.6. The highest BCUT2D eigenvalue weighted by atomic mass is 16.3. The minimum Gasteiger partial charge on any atom is -0.393 e. The third-order valence-electron chi connectivity index (χ3n) is 4.48. The first-order valence-corrected chi connectivity index (χ1v) is 8.41. The predicted molar refractivity (Wildman–Crippen MR) is 88.7 cm³/mol. The van der Waals surface area contributed by atoms with Crippen molar-refractivity contribution in [3.63, 3.8) is 0 Å². The summed E-state index contributed by atoms with van der Waals surface area (Å²) in [6, 6.07) is 10.5. The second-order valence-corrected chi connectivity index (χ2v) is 6.39. The maximum atomic E-state index is 11.9. The Kier molecular flexibility index (Phi) is 6.72. The van der Waals surface area contributed by atoms with E-state index in [1.54, 1.807) is 0 Å². The summed E-state index contributed by atoms with van der Waals surface area (Å²) in [4.78, 5) is 11.9. The molecule has 3 atom stereocenters. The number of aliphatic hydroxyl groups excluding tert-OH is 1. The largest absolute Gasteiger partial charge is 0.393 e. The smallest absolute Gasteiger partial charge is 0.315 e. The van der Waals surface area contributed by atoms with Crippen molar-refractivity contribution in [3.8, 4) is 0 Å². The highest BCUT2D eigenvalue weighted by Crippen LogP contribution is 2.24. The van der Waals surface area contributed by atoms with Crippen molar-refractivity contribution in [2.45, 2.75) is 57.6 Å². The molecule has 3 N–H and O–H groups in total. The van der Waals surface area contributed by atoms with Gasteiger partial charge < -0.3 is 15.7 Å². The van der Waals surface area contributed by atoms with Gasteiger partial charge in [0.2, 0.25) is 0 Å². The van der Waals surface area contributed by atoms with Gasteiger partial charge in [0, 0.05) is 12.6 Å². The Morgan fingerprint density at radius 3 is 2.73 bits per heavy atom. The van der Waals surface area contributed by atoms with Crippen molar-refractivity contribution in [1.82, 2.24) is 10.6 Å². The molecule has 0 bridgehead atoms. The van der Waals surface area contributed by atoms with Gasteiger partial charge in [0.1, 0.15) is 0 Å². The van der Waals surface area contributed by atoms with Gasteiger partial charge in [0.15, 0.2) is 0 Å². The van der Waals surface area contributed by atoms with Crippen molar-refractivity contribution in [2.24, 2.45) is 5.92 Å². The van der Waals surface area contributed by atoms with Crippen LogP contribution in [-0.2, 0) is 6.42 Å². The Bertz CT molecular complexity index is 450. The zero-order chi connectivity index (χ0) is 15.8. The zero-order valence-electron chi connectivity index (χ0n) is 13.4. The monoisotopic (exact) mass is 304 g/mol. The number of nitrogens with one attached hydrogen (secondary N) is 2. The molecule has 22 heavy (non-hydrogen) atoms. The van der Waals surface area contributed by atoms with Gasteiger partial charge >= 0.3 is 6.03 Å². The topological polar surface area (TPSA) is 61.4 Å². The molecule has 1 saturated carbocycles. The van der Waals surface area contributed by atoms with Crippen LogP contribution in [0.4, 0.5) is 4.79 Å². The van der Waals surface area contributed by atoms with Crippen LogP contribution in [0.15, 0.2) is 30.3 Å². The van der Waals surface area contributed by atoms with Gasteiger partial charge in [0.25, 0.3) is 0 Å². The van der Waals surface area contributed by atoms with E-state index < -0.39 is 0 Å².